The molecule has 0 fully saturated rings. The van der Waals surface area contributed by atoms with Gasteiger partial charge in [-0.3, -0.25) is 4.79 Å². The van der Waals surface area contributed by atoms with E-state index in [0.29, 0.717) is 11.3 Å². The maximum absolute atomic E-state index is 12.3. The largest absolute Gasteiger partial charge is 0.462 e. The molecule has 0 saturated carbocycles. The van der Waals surface area contributed by atoms with Crippen LogP contribution in [-0.4, -0.2) is 5.78 Å². The minimum atomic E-state index is -0.283. The van der Waals surface area contributed by atoms with E-state index in [9.17, 15) is 4.79 Å². The van der Waals surface area contributed by atoms with Crippen molar-refractivity contribution in [3.05, 3.63) is 64.6 Å². The lowest BCUT2D eigenvalue weighted by Crippen LogP contribution is -2.03. The van der Waals surface area contributed by atoms with Crippen LogP contribution in [0.25, 0.3) is 6.08 Å². The van der Waals surface area contributed by atoms with Crippen molar-refractivity contribution in [2.24, 2.45) is 0 Å². The monoisotopic (exact) mass is 251 g/mol. The third-order valence-electron chi connectivity index (χ3n) is 2.80. The van der Waals surface area contributed by atoms with Gasteiger partial charge in [-0.1, -0.05) is 24.3 Å². The Morgan fingerprint density at radius 2 is 1.95 bits per heavy atom. The summed E-state index contributed by atoms with van der Waals surface area (Å²) in [6.45, 7) is 3.66. The smallest absolute Gasteiger partial charge is 0.203 e. The van der Waals surface area contributed by atoms with Crippen LogP contribution in [0.4, 0.5) is 0 Å². The number of benzene rings is 1. The normalized spacial score (nSPS) is 11.1. The van der Waals surface area contributed by atoms with Gasteiger partial charge in [-0.25, -0.2) is 0 Å². The molecule has 0 amide bonds. The van der Waals surface area contributed by atoms with Gasteiger partial charge < -0.3 is 4.42 Å². The van der Waals surface area contributed by atoms with E-state index < -0.39 is 0 Å². The minimum Gasteiger partial charge on any atom is -0.462 e. The molecule has 0 aliphatic carbocycles. The summed E-state index contributed by atoms with van der Waals surface area (Å²) in [6.07, 6.45) is 1.47. The molecule has 19 heavy (non-hydrogen) atoms. The van der Waals surface area contributed by atoms with Gasteiger partial charge in [-0.05, 0) is 31.5 Å². The predicted molar refractivity (Wildman–Crippen MR) is 72.5 cm³/mol. The Bertz CT molecular complexity index is 687. The lowest BCUT2D eigenvalue weighted by molar-refractivity contribution is 0.103. The van der Waals surface area contributed by atoms with Crippen LogP contribution in [0.5, 0.6) is 0 Å². The topological polar surface area (TPSA) is 54.0 Å². The highest BCUT2D eigenvalue weighted by Gasteiger charge is 2.14. The number of nitriles is 1. The van der Waals surface area contributed by atoms with Gasteiger partial charge in [0, 0.05) is 11.6 Å². The second-order valence-corrected chi connectivity index (χ2v) is 4.26. The van der Waals surface area contributed by atoms with Crippen molar-refractivity contribution in [1.29, 1.82) is 5.26 Å². The molecule has 94 valence electrons. The SMILES string of the molecule is Cc1ccc(/C=C(\C#N)C(=O)c2ccccc2C)o1. The van der Waals surface area contributed by atoms with Crippen LogP contribution in [0, 0.1) is 25.2 Å². The van der Waals surface area contributed by atoms with E-state index in [-0.39, 0.29) is 11.4 Å². The molecule has 1 heterocycles. The minimum absolute atomic E-state index is 0.0728. The zero-order valence-electron chi connectivity index (χ0n) is 10.8. The first-order chi connectivity index (χ1) is 9.11. The molecular formula is C16H13NO2. The van der Waals surface area contributed by atoms with Gasteiger partial charge >= 0.3 is 0 Å². The standard InChI is InChI=1S/C16H13NO2/c1-11-5-3-4-6-15(11)16(18)13(10-17)9-14-8-7-12(2)19-14/h3-9H,1-2H3/b13-9+. The summed E-state index contributed by atoms with van der Waals surface area (Å²) in [5.41, 5.74) is 1.46. The summed E-state index contributed by atoms with van der Waals surface area (Å²) in [4.78, 5) is 12.3. The fourth-order valence-corrected chi connectivity index (χ4v) is 1.79. The fourth-order valence-electron chi connectivity index (χ4n) is 1.79. The van der Waals surface area contributed by atoms with E-state index in [1.54, 1.807) is 24.3 Å². The fraction of sp³-hybridized carbons (Fsp3) is 0.125. The Hall–Kier alpha value is -2.60. The second-order valence-electron chi connectivity index (χ2n) is 4.26. The highest BCUT2D eigenvalue weighted by molar-refractivity contribution is 6.14. The maximum atomic E-state index is 12.3. The molecule has 0 unspecified atom stereocenters. The molecule has 0 saturated heterocycles. The number of hydrogen-bond donors (Lipinski definition) is 0. The zero-order valence-corrected chi connectivity index (χ0v) is 10.8. The second kappa shape index (κ2) is 5.36. The molecule has 0 radical (unpaired) electrons. The van der Waals surface area contributed by atoms with Gasteiger partial charge in [-0.15, -0.1) is 0 Å². The van der Waals surface area contributed by atoms with E-state index >= 15 is 0 Å². The van der Waals surface area contributed by atoms with Crippen LogP contribution in [-0.2, 0) is 0 Å². The molecule has 0 spiro atoms. The average molecular weight is 251 g/mol. The predicted octanol–water partition coefficient (Wildman–Crippen LogP) is 3.69. The summed E-state index contributed by atoms with van der Waals surface area (Å²) in [6, 6.07) is 12.7. The van der Waals surface area contributed by atoms with Gasteiger partial charge in [0.1, 0.15) is 23.2 Å². The van der Waals surface area contributed by atoms with Crippen molar-refractivity contribution < 1.29 is 9.21 Å². The van der Waals surface area contributed by atoms with Crippen LogP contribution in [0.1, 0.15) is 27.4 Å². The Morgan fingerprint density at radius 1 is 1.21 bits per heavy atom. The third-order valence-corrected chi connectivity index (χ3v) is 2.80. The van der Waals surface area contributed by atoms with Gasteiger partial charge in [0.15, 0.2) is 0 Å². The Labute approximate surface area is 111 Å². The van der Waals surface area contributed by atoms with E-state index in [1.807, 2.05) is 32.0 Å². The van der Waals surface area contributed by atoms with Gasteiger partial charge in [0.25, 0.3) is 0 Å². The maximum Gasteiger partial charge on any atom is 0.203 e. The average Bonchev–Trinajstić information content (AvgIpc) is 2.81. The number of rotatable bonds is 3. The number of furan rings is 1. The Balaban J connectivity index is 2.39. The first kappa shape index (κ1) is 12.8. The summed E-state index contributed by atoms with van der Waals surface area (Å²) in [5.74, 6) is 0.970. The summed E-state index contributed by atoms with van der Waals surface area (Å²) < 4.78 is 5.35. The quantitative estimate of drug-likeness (QED) is 0.475. The number of hydrogen-bond acceptors (Lipinski definition) is 3. The van der Waals surface area contributed by atoms with Gasteiger partial charge in [0.05, 0.1) is 0 Å². The summed E-state index contributed by atoms with van der Waals surface area (Å²) in [5, 5.41) is 9.14. The van der Waals surface area contributed by atoms with Crippen molar-refractivity contribution in [1.82, 2.24) is 0 Å². The van der Waals surface area contributed by atoms with Crippen molar-refractivity contribution in [2.45, 2.75) is 13.8 Å². The first-order valence-corrected chi connectivity index (χ1v) is 5.90. The van der Waals surface area contributed by atoms with Crippen molar-refractivity contribution in [3.8, 4) is 6.07 Å². The number of carbonyl (C=O) groups excluding carboxylic acids is 1. The molecule has 0 atom stereocenters. The third kappa shape index (κ3) is 2.80. The molecule has 2 rings (SSSR count). The zero-order chi connectivity index (χ0) is 13.8. The molecule has 1 aromatic heterocycles. The van der Waals surface area contributed by atoms with Crippen LogP contribution in [0.15, 0.2) is 46.4 Å². The summed E-state index contributed by atoms with van der Waals surface area (Å²) >= 11 is 0. The Morgan fingerprint density at radius 3 is 2.53 bits per heavy atom. The number of aryl methyl sites for hydroxylation is 2. The van der Waals surface area contributed by atoms with E-state index in [1.165, 1.54) is 6.08 Å². The van der Waals surface area contributed by atoms with Crippen molar-refractivity contribution in [2.75, 3.05) is 0 Å². The Kier molecular flexibility index (Phi) is 3.63. The van der Waals surface area contributed by atoms with Crippen molar-refractivity contribution >= 4 is 11.9 Å². The highest BCUT2D eigenvalue weighted by atomic mass is 16.3. The highest BCUT2D eigenvalue weighted by Crippen LogP contribution is 2.16. The molecule has 3 nitrogen and oxygen atoms in total. The number of Topliss-reactive ketones (excluding diaryl/α,β-unsaturated/α-hetero) is 1. The van der Waals surface area contributed by atoms with Crippen LogP contribution < -0.4 is 0 Å². The number of allylic oxidation sites excluding steroid dienone is 1. The molecule has 1 aromatic carbocycles. The van der Waals surface area contributed by atoms with Crippen molar-refractivity contribution in [3.63, 3.8) is 0 Å². The number of nitrogens with zero attached hydrogens (tertiary/aromatic N) is 1. The van der Waals surface area contributed by atoms with Gasteiger partial charge in [-0.2, -0.15) is 5.26 Å². The first-order valence-electron chi connectivity index (χ1n) is 5.90. The van der Waals surface area contributed by atoms with E-state index in [4.69, 9.17) is 9.68 Å². The molecule has 0 bridgehead atoms. The lowest BCUT2D eigenvalue weighted by Gasteiger charge is -2.02. The lowest BCUT2D eigenvalue weighted by atomic mass is 9.99. The van der Waals surface area contributed by atoms with Gasteiger partial charge in [0.2, 0.25) is 5.78 Å². The van der Waals surface area contributed by atoms with Crippen LogP contribution in [0.3, 0.4) is 0 Å². The summed E-state index contributed by atoms with van der Waals surface area (Å²) in [7, 11) is 0. The van der Waals surface area contributed by atoms with Crippen LogP contribution >= 0.6 is 0 Å². The number of carbonyl (C=O) groups is 1. The van der Waals surface area contributed by atoms with Crippen LogP contribution in [0.2, 0.25) is 0 Å². The molecule has 0 aliphatic rings. The van der Waals surface area contributed by atoms with E-state index in [0.717, 1.165) is 11.3 Å². The molecule has 2 aromatic rings. The number of ketones is 1. The molecule has 0 aliphatic heterocycles. The molecular weight excluding hydrogens is 238 g/mol. The molecule has 0 N–H and O–H groups in total. The van der Waals surface area contributed by atoms with E-state index in [2.05, 4.69) is 0 Å². The molecule has 3 heteroatoms.